The zero-order chi connectivity index (χ0) is 24.5. The average Bonchev–Trinajstić information content (AvgIpc) is 2.89. The molecule has 0 aliphatic heterocycles. The molecule has 4 heteroatoms. The molecule has 0 atom stereocenters. The van der Waals surface area contributed by atoms with Gasteiger partial charge in [0.15, 0.2) is 10.9 Å². The van der Waals surface area contributed by atoms with E-state index in [0.29, 0.717) is 5.92 Å². The zero-order valence-corrected chi connectivity index (χ0v) is 21.6. The maximum atomic E-state index is 12.5. The van der Waals surface area contributed by atoms with Crippen molar-refractivity contribution >= 4 is 63.0 Å². The maximum absolute atomic E-state index is 12.5. The van der Waals surface area contributed by atoms with E-state index in [4.69, 9.17) is 0 Å². The van der Waals surface area contributed by atoms with Crippen LogP contribution < -0.4 is 10.9 Å². The summed E-state index contributed by atoms with van der Waals surface area (Å²) in [4.78, 5) is 24.8. The number of hydrogen-bond acceptors (Lipinski definition) is 4. The third-order valence-corrected chi connectivity index (χ3v) is 8.62. The lowest BCUT2D eigenvalue weighted by Gasteiger charge is -2.07. The summed E-state index contributed by atoms with van der Waals surface area (Å²) in [6.07, 6.45) is 0.965. The van der Waals surface area contributed by atoms with Crippen LogP contribution >= 0.6 is 22.7 Å². The smallest absolute Gasteiger partial charge is 0.195 e. The van der Waals surface area contributed by atoms with E-state index in [0.717, 1.165) is 46.8 Å². The van der Waals surface area contributed by atoms with Crippen LogP contribution in [-0.4, -0.2) is 0 Å². The summed E-state index contributed by atoms with van der Waals surface area (Å²) in [7, 11) is 0. The molecular formula is C31H26O2S2. The molecule has 35 heavy (non-hydrogen) atoms. The minimum Gasteiger partial charge on any atom is -0.289 e. The molecule has 6 aromatic rings. The van der Waals surface area contributed by atoms with E-state index in [9.17, 15) is 9.59 Å². The zero-order valence-electron chi connectivity index (χ0n) is 20.0. The lowest BCUT2D eigenvalue weighted by atomic mass is 10.0. The second-order valence-electron chi connectivity index (χ2n) is 8.95. The molecule has 6 rings (SSSR count). The van der Waals surface area contributed by atoms with Crippen molar-refractivity contribution < 1.29 is 0 Å². The van der Waals surface area contributed by atoms with Crippen LogP contribution in [0.2, 0.25) is 0 Å². The molecule has 0 N–H and O–H groups in total. The Balaban J connectivity index is 0.000000145. The number of rotatable bonds is 2. The van der Waals surface area contributed by atoms with Gasteiger partial charge in [0.2, 0.25) is 0 Å². The first-order valence-corrected chi connectivity index (χ1v) is 13.5. The topological polar surface area (TPSA) is 34.1 Å². The Morgan fingerprint density at radius 3 is 1.63 bits per heavy atom. The van der Waals surface area contributed by atoms with E-state index in [-0.39, 0.29) is 10.9 Å². The molecule has 4 aromatic carbocycles. The van der Waals surface area contributed by atoms with Crippen molar-refractivity contribution in [2.75, 3.05) is 0 Å². The molecule has 0 radical (unpaired) electrons. The Labute approximate surface area is 212 Å². The van der Waals surface area contributed by atoms with E-state index in [2.05, 4.69) is 45.0 Å². The minimum absolute atomic E-state index is 0.154. The number of fused-ring (bicyclic) bond motifs is 4. The van der Waals surface area contributed by atoms with Gasteiger partial charge >= 0.3 is 0 Å². The van der Waals surface area contributed by atoms with Crippen molar-refractivity contribution in [3.05, 3.63) is 117 Å². The summed E-state index contributed by atoms with van der Waals surface area (Å²) < 4.78 is 4.27. The highest BCUT2D eigenvalue weighted by Gasteiger charge is 2.08. The van der Waals surface area contributed by atoms with Crippen LogP contribution in [0.4, 0.5) is 0 Å². The largest absolute Gasteiger partial charge is 0.289 e. The van der Waals surface area contributed by atoms with Crippen molar-refractivity contribution in [3.63, 3.8) is 0 Å². The van der Waals surface area contributed by atoms with Crippen LogP contribution in [0, 0.1) is 0 Å². The van der Waals surface area contributed by atoms with Gasteiger partial charge in [-0.1, -0.05) is 57.2 Å². The summed E-state index contributed by atoms with van der Waals surface area (Å²) in [6.45, 7) is 6.41. The molecule has 0 fully saturated rings. The molecular weight excluding hydrogens is 468 g/mol. The summed E-state index contributed by atoms with van der Waals surface area (Å²) in [5, 5.41) is 3.37. The Morgan fingerprint density at radius 2 is 1.09 bits per heavy atom. The molecule has 174 valence electrons. The standard InChI is InChI=1S/C16H14OS.C15H12OS/c1-10(2)11-7-8-15-13(9-11)16(17)12-5-3-4-6-14(12)18-15;1-2-10-7-8-14-12(9-10)15(16)11-5-3-4-6-13(11)17-14/h3-10H,1-2H3;3-9H,2H2,1H3. The summed E-state index contributed by atoms with van der Waals surface area (Å²) >= 11 is 3.37. The molecule has 0 aliphatic rings. The lowest BCUT2D eigenvalue weighted by Crippen LogP contribution is -2.01. The highest BCUT2D eigenvalue weighted by Crippen LogP contribution is 2.27. The van der Waals surface area contributed by atoms with Crippen molar-refractivity contribution in [1.82, 2.24) is 0 Å². The van der Waals surface area contributed by atoms with Crippen molar-refractivity contribution in [2.45, 2.75) is 33.1 Å². The first-order chi connectivity index (χ1) is 17.0. The minimum atomic E-state index is 0.154. The van der Waals surface area contributed by atoms with Gasteiger partial charge in [-0.15, -0.1) is 22.7 Å². The predicted molar refractivity (Wildman–Crippen MR) is 155 cm³/mol. The summed E-state index contributed by atoms with van der Waals surface area (Å²) in [5.74, 6) is 0.449. The first-order valence-electron chi connectivity index (χ1n) is 11.9. The quantitative estimate of drug-likeness (QED) is 0.226. The number of hydrogen-bond donors (Lipinski definition) is 0. The molecule has 2 nitrogen and oxygen atoms in total. The van der Waals surface area contributed by atoms with Crippen LogP contribution in [0.5, 0.6) is 0 Å². The molecule has 0 saturated heterocycles. The van der Waals surface area contributed by atoms with Crippen molar-refractivity contribution in [3.8, 4) is 0 Å². The van der Waals surface area contributed by atoms with Crippen molar-refractivity contribution in [2.24, 2.45) is 0 Å². The van der Waals surface area contributed by atoms with Crippen molar-refractivity contribution in [1.29, 1.82) is 0 Å². The average molecular weight is 495 g/mol. The maximum Gasteiger partial charge on any atom is 0.195 e. The van der Waals surface area contributed by atoms with Crippen LogP contribution in [0.3, 0.4) is 0 Å². The fraction of sp³-hybridized carbons (Fsp3) is 0.161. The first kappa shape index (κ1) is 23.4. The Kier molecular flexibility index (Phi) is 6.50. The normalized spacial score (nSPS) is 11.3. The number of aryl methyl sites for hydroxylation is 1. The Hall–Kier alpha value is -3.34. The van der Waals surface area contributed by atoms with Crippen LogP contribution in [0.25, 0.3) is 40.3 Å². The van der Waals surface area contributed by atoms with E-state index in [1.807, 2.05) is 60.7 Å². The lowest BCUT2D eigenvalue weighted by molar-refractivity contribution is 0.869. The Morgan fingerprint density at radius 1 is 0.600 bits per heavy atom. The van der Waals surface area contributed by atoms with Gasteiger partial charge in [0.05, 0.1) is 0 Å². The third kappa shape index (κ3) is 4.52. The van der Waals surface area contributed by atoms with Crippen LogP contribution in [0.1, 0.15) is 37.8 Å². The second kappa shape index (κ2) is 9.73. The highest BCUT2D eigenvalue weighted by molar-refractivity contribution is 7.24. The molecule has 0 amide bonds. The van der Waals surface area contributed by atoms with Gasteiger partial charge in [-0.25, -0.2) is 0 Å². The van der Waals surface area contributed by atoms with Crippen LogP contribution in [0.15, 0.2) is 94.5 Å². The van der Waals surface area contributed by atoms with E-state index in [1.54, 1.807) is 22.7 Å². The van der Waals surface area contributed by atoms with E-state index < -0.39 is 0 Å². The predicted octanol–water partition coefficient (Wildman–Crippen LogP) is 8.52. The molecule has 0 aliphatic carbocycles. The fourth-order valence-corrected chi connectivity index (χ4v) is 6.35. The van der Waals surface area contributed by atoms with Gasteiger partial charge in [0, 0.05) is 40.3 Å². The monoisotopic (exact) mass is 494 g/mol. The Bertz CT molecular complexity index is 1810. The third-order valence-electron chi connectivity index (χ3n) is 6.31. The highest BCUT2D eigenvalue weighted by atomic mass is 32.1. The van der Waals surface area contributed by atoms with Gasteiger partial charge in [0.1, 0.15) is 0 Å². The van der Waals surface area contributed by atoms with Gasteiger partial charge < -0.3 is 0 Å². The van der Waals surface area contributed by atoms with Crippen LogP contribution in [-0.2, 0) is 6.42 Å². The van der Waals surface area contributed by atoms with Gasteiger partial charge in [-0.05, 0) is 72.0 Å². The van der Waals surface area contributed by atoms with E-state index >= 15 is 0 Å². The fourth-order valence-electron chi connectivity index (χ4n) is 4.25. The molecule has 0 bridgehead atoms. The van der Waals surface area contributed by atoms with Gasteiger partial charge in [-0.2, -0.15) is 0 Å². The van der Waals surface area contributed by atoms with Gasteiger partial charge in [-0.3, -0.25) is 9.59 Å². The summed E-state index contributed by atoms with van der Waals surface area (Å²) in [6, 6.07) is 28.1. The second-order valence-corrected chi connectivity index (χ2v) is 11.1. The SMILES string of the molecule is CC(C)c1ccc2sc3ccccc3c(=O)c2c1.CCc1ccc2sc3ccccc3c(=O)c2c1. The van der Waals surface area contributed by atoms with Gasteiger partial charge in [0.25, 0.3) is 0 Å². The summed E-state index contributed by atoms with van der Waals surface area (Å²) in [5.41, 5.74) is 2.76. The molecule has 0 saturated carbocycles. The number of benzene rings is 4. The van der Waals surface area contributed by atoms with E-state index in [1.165, 1.54) is 11.1 Å². The molecule has 0 unspecified atom stereocenters. The molecule has 0 spiro atoms. The molecule has 2 aromatic heterocycles. The molecule has 2 heterocycles.